The lowest BCUT2D eigenvalue weighted by molar-refractivity contribution is 0.0974. The predicted molar refractivity (Wildman–Crippen MR) is 65.0 cm³/mol. The van der Waals surface area contributed by atoms with E-state index in [2.05, 4.69) is 9.97 Å². The lowest BCUT2D eigenvalue weighted by Crippen LogP contribution is -2.06. The van der Waals surface area contributed by atoms with E-state index in [1.165, 1.54) is 36.9 Å². The van der Waals surface area contributed by atoms with Gasteiger partial charge in [-0.25, -0.2) is 0 Å². The molecule has 0 saturated carbocycles. The van der Waals surface area contributed by atoms with Crippen molar-refractivity contribution in [1.82, 2.24) is 9.97 Å². The van der Waals surface area contributed by atoms with Gasteiger partial charge in [0.15, 0.2) is 5.76 Å². The van der Waals surface area contributed by atoms with Crippen molar-refractivity contribution >= 4 is 11.5 Å². The van der Waals surface area contributed by atoms with Crippen LogP contribution in [0.15, 0.2) is 54.8 Å². The van der Waals surface area contributed by atoms with E-state index >= 15 is 0 Å². The number of carbonyl (C=O) groups excluding carboxylic acids is 1. The number of hydrogen-bond acceptors (Lipinski definition) is 5. The zero-order chi connectivity index (χ0) is 13.0. The second-order valence-corrected chi connectivity index (χ2v) is 3.51. The van der Waals surface area contributed by atoms with Gasteiger partial charge in [-0.05, 0) is 24.3 Å². The number of nitrogens with zero attached hydrogens (tertiary/aromatic N) is 2. The average Bonchev–Trinajstić information content (AvgIpc) is 2.47. The maximum absolute atomic E-state index is 11.8. The second-order valence-electron chi connectivity index (χ2n) is 3.51. The number of Topliss-reactive ketones (excluding diaryl/α,β-unsaturated/α-hetero) is 1. The molecule has 0 spiro atoms. The van der Waals surface area contributed by atoms with E-state index in [0.717, 1.165) is 0 Å². The summed E-state index contributed by atoms with van der Waals surface area (Å²) in [5.41, 5.74) is 0.470. The maximum Gasteiger partial charge on any atom is 0.232 e. The molecule has 0 aromatic carbocycles. The van der Waals surface area contributed by atoms with Crippen LogP contribution in [0.5, 0.6) is 0 Å². The van der Waals surface area contributed by atoms with Crippen LogP contribution in [0.4, 0.5) is 0 Å². The van der Waals surface area contributed by atoms with Gasteiger partial charge in [0, 0.05) is 35.9 Å². The Hall–Kier alpha value is -2.69. The lowest BCUT2D eigenvalue weighted by atomic mass is 10.1. The fourth-order valence-electron chi connectivity index (χ4n) is 1.38. The van der Waals surface area contributed by atoms with E-state index in [1.807, 2.05) is 0 Å². The largest absolute Gasteiger partial charge is 0.504 e. The molecule has 0 aliphatic heterocycles. The molecule has 5 heteroatoms. The number of ketones is 1. The highest BCUT2D eigenvalue weighted by atomic mass is 16.3. The molecule has 0 radical (unpaired) electrons. The summed E-state index contributed by atoms with van der Waals surface area (Å²) >= 11 is 0. The van der Waals surface area contributed by atoms with Crippen LogP contribution in [-0.2, 0) is 0 Å². The molecule has 0 amide bonds. The van der Waals surface area contributed by atoms with Crippen molar-refractivity contribution in [3.05, 3.63) is 65.9 Å². The Bertz CT molecular complexity index is 580. The van der Waals surface area contributed by atoms with Crippen molar-refractivity contribution in [1.29, 1.82) is 0 Å². The van der Waals surface area contributed by atoms with Gasteiger partial charge in [-0.3, -0.25) is 14.8 Å². The summed E-state index contributed by atoms with van der Waals surface area (Å²) < 4.78 is 0. The molecule has 2 heterocycles. The number of rotatable bonds is 3. The van der Waals surface area contributed by atoms with E-state index in [1.54, 1.807) is 12.1 Å². The minimum Gasteiger partial charge on any atom is -0.504 e. The molecule has 0 aliphatic carbocycles. The first-order chi connectivity index (χ1) is 8.70. The van der Waals surface area contributed by atoms with Gasteiger partial charge < -0.3 is 10.2 Å². The number of pyridine rings is 2. The van der Waals surface area contributed by atoms with Gasteiger partial charge in [-0.1, -0.05) is 0 Å². The molecule has 0 unspecified atom stereocenters. The minimum atomic E-state index is -0.726. The molecule has 0 saturated heterocycles. The molecule has 2 rings (SSSR count). The first-order valence-corrected chi connectivity index (χ1v) is 5.17. The third-order valence-electron chi connectivity index (χ3n) is 2.30. The van der Waals surface area contributed by atoms with Crippen molar-refractivity contribution in [2.45, 2.75) is 0 Å². The molecular formula is C13H10N2O3. The van der Waals surface area contributed by atoms with Crippen molar-refractivity contribution in [3.8, 4) is 0 Å². The van der Waals surface area contributed by atoms with Crippen LogP contribution >= 0.6 is 0 Å². The third-order valence-corrected chi connectivity index (χ3v) is 2.30. The van der Waals surface area contributed by atoms with Crippen LogP contribution in [0.1, 0.15) is 15.9 Å². The third kappa shape index (κ3) is 2.35. The van der Waals surface area contributed by atoms with E-state index in [0.29, 0.717) is 0 Å². The van der Waals surface area contributed by atoms with Crippen LogP contribution < -0.4 is 0 Å². The Morgan fingerprint density at radius 2 is 1.50 bits per heavy atom. The van der Waals surface area contributed by atoms with Crippen LogP contribution in [-0.4, -0.2) is 26.0 Å². The molecular weight excluding hydrogens is 232 g/mol. The summed E-state index contributed by atoms with van der Waals surface area (Å²) in [6.45, 7) is 0. The number of aromatic nitrogens is 2. The molecule has 18 heavy (non-hydrogen) atoms. The zero-order valence-electron chi connectivity index (χ0n) is 9.32. The Labute approximate surface area is 103 Å². The zero-order valence-corrected chi connectivity index (χ0v) is 9.32. The standard InChI is InChI=1S/C13H10N2O3/c16-11(9-3-1-5-14-7-9)13(18)12(17)10-4-2-6-15-8-10/h1-8,16,18H. The molecule has 2 aromatic rings. The highest BCUT2D eigenvalue weighted by Crippen LogP contribution is 2.16. The molecule has 5 nitrogen and oxygen atoms in total. The number of allylic oxidation sites excluding steroid dienone is 1. The molecule has 90 valence electrons. The topological polar surface area (TPSA) is 83.3 Å². The fourth-order valence-corrected chi connectivity index (χ4v) is 1.38. The van der Waals surface area contributed by atoms with Crippen LogP contribution in [0, 0.1) is 0 Å². The highest BCUT2D eigenvalue weighted by molar-refractivity contribution is 6.10. The number of hydrogen-bond donors (Lipinski definition) is 2. The summed E-state index contributed by atoms with van der Waals surface area (Å²) in [4.78, 5) is 19.4. The maximum atomic E-state index is 11.8. The average molecular weight is 242 g/mol. The Kier molecular flexibility index (Phi) is 3.33. The first kappa shape index (κ1) is 11.8. The van der Waals surface area contributed by atoms with Gasteiger partial charge in [0.2, 0.25) is 11.5 Å². The van der Waals surface area contributed by atoms with E-state index < -0.39 is 17.3 Å². The molecule has 0 bridgehead atoms. The summed E-state index contributed by atoms with van der Waals surface area (Å²) in [5, 5.41) is 19.5. The van der Waals surface area contributed by atoms with Gasteiger partial charge in [0.25, 0.3) is 0 Å². The Morgan fingerprint density at radius 1 is 0.944 bits per heavy atom. The van der Waals surface area contributed by atoms with Crippen molar-refractivity contribution in [2.24, 2.45) is 0 Å². The predicted octanol–water partition coefficient (Wildman–Crippen LogP) is 2.14. The van der Waals surface area contributed by atoms with Gasteiger partial charge in [-0.15, -0.1) is 0 Å². The molecule has 2 aromatic heterocycles. The monoisotopic (exact) mass is 242 g/mol. The number of carbonyl (C=O) groups is 1. The number of aliphatic hydroxyl groups excluding tert-OH is 2. The van der Waals surface area contributed by atoms with Crippen molar-refractivity contribution in [3.63, 3.8) is 0 Å². The summed E-state index contributed by atoms with van der Waals surface area (Å²) in [5.74, 6) is -1.92. The molecule has 0 atom stereocenters. The molecule has 2 N–H and O–H groups in total. The summed E-state index contributed by atoms with van der Waals surface area (Å²) in [6, 6.07) is 6.20. The molecule has 0 aliphatic rings. The Balaban J connectivity index is 2.37. The van der Waals surface area contributed by atoms with Gasteiger partial charge in [0.05, 0.1) is 0 Å². The van der Waals surface area contributed by atoms with Crippen LogP contribution in [0.2, 0.25) is 0 Å². The first-order valence-electron chi connectivity index (χ1n) is 5.17. The van der Waals surface area contributed by atoms with Gasteiger partial charge in [-0.2, -0.15) is 0 Å². The van der Waals surface area contributed by atoms with Gasteiger partial charge in [0.1, 0.15) is 0 Å². The van der Waals surface area contributed by atoms with Crippen molar-refractivity contribution in [2.75, 3.05) is 0 Å². The van der Waals surface area contributed by atoms with Crippen molar-refractivity contribution < 1.29 is 15.0 Å². The van der Waals surface area contributed by atoms with Crippen LogP contribution in [0.3, 0.4) is 0 Å². The van der Waals surface area contributed by atoms with E-state index in [4.69, 9.17) is 0 Å². The SMILES string of the molecule is O=C(C(O)=C(O)c1cccnc1)c1cccnc1. The summed E-state index contributed by atoms with van der Waals surface area (Å²) in [7, 11) is 0. The van der Waals surface area contributed by atoms with E-state index in [9.17, 15) is 15.0 Å². The normalized spacial score (nSPS) is 11.8. The minimum absolute atomic E-state index is 0.199. The second kappa shape index (κ2) is 5.09. The van der Waals surface area contributed by atoms with E-state index in [-0.39, 0.29) is 11.1 Å². The van der Waals surface area contributed by atoms with Crippen LogP contribution in [0.25, 0.3) is 5.76 Å². The quantitative estimate of drug-likeness (QED) is 0.489. The fraction of sp³-hybridized carbons (Fsp3) is 0. The molecule has 0 fully saturated rings. The Morgan fingerprint density at radius 3 is 2.00 bits per heavy atom. The highest BCUT2D eigenvalue weighted by Gasteiger charge is 2.17. The number of aliphatic hydroxyl groups is 2. The lowest BCUT2D eigenvalue weighted by Gasteiger charge is -2.03. The summed E-state index contributed by atoms with van der Waals surface area (Å²) in [6.07, 6.45) is 5.70. The smallest absolute Gasteiger partial charge is 0.232 e. The van der Waals surface area contributed by atoms with Gasteiger partial charge >= 0.3 is 0 Å².